The van der Waals surface area contributed by atoms with Gasteiger partial charge < -0.3 is 14.5 Å². The third-order valence-corrected chi connectivity index (χ3v) is 5.85. The molecular weight excluding hydrogens is 401 g/mol. The van der Waals surface area contributed by atoms with Crippen molar-refractivity contribution in [3.8, 4) is 0 Å². The van der Waals surface area contributed by atoms with Crippen molar-refractivity contribution in [2.45, 2.75) is 44.3 Å². The van der Waals surface area contributed by atoms with E-state index in [1.54, 1.807) is 9.80 Å². The number of alkyl halides is 3. The number of nitrogens with zero attached hydrogens (tertiary/aromatic N) is 2. The molecule has 0 aliphatic carbocycles. The van der Waals surface area contributed by atoms with Crippen molar-refractivity contribution in [1.29, 1.82) is 0 Å². The molecule has 164 valence electrons. The number of piperidine rings is 2. The van der Waals surface area contributed by atoms with Crippen LogP contribution in [-0.4, -0.2) is 60.4 Å². The van der Waals surface area contributed by atoms with E-state index in [0.717, 1.165) is 25.0 Å². The van der Waals surface area contributed by atoms with Gasteiger partial charge in [0.25, 0.3) is 5.91 Å². The average molecular weight is 426 g/mol. The van der Waals surface area contributed by atoms with Crippen molar-refractivity contribution in [3.05, 3.63) is 35.4 Å². The van der Waals surface area contributed by atoms with Gasteiger partial charge in [0.2, 0.25) is 5.91 Å². The third-order valence-electron chi connectivity index (χ3n) is 5.85. The van der Waals surface area contributed by atoms with Gasteiger partial charge in [-0.2, -0.15) is 13.2 Å². The number of ether oxygens (including phenoxy) is 1. The molecule has 1 aromatic rings. The molecule has 9 heteroatoms. The summed E-state index contributed by atoms with van der Waals surface area (Å²) in [6.07, 6.45) is -1.25. The van der Waals surface area contributed by atoms with E-state index >= 15 is 0 Å². The summed E-state index contributed by atoms with van der Waals surface area (Å²) in [4.78, 5) is 40.7. The lowest BCUT2D eigenvalue weighted by atomic mass is 9.92. The number of carbonyl (C=O) groups excluding carboxylic acids is 3. The molecule has 3 rings (SSSR count). The molecule has 2 amide bonds. The van der Waals surface area contributed by atoms with E-state index in [9.17, 15) is 27.6 Å². The number of carbonyl (C=O) groups is 3. The van der Waals surface area contributed by atoms with Gasteiger partial charge in [0, 0.05) is 31.1 Å². The molecule has 2 saturated heterocycles. The Morgan fingerprint density at radius 2 is 1.60 bits per heavy atom. The van der Waals surface area contributed by atoms with E-state index in [-0.39, 0.29) is 23.3 Å². The van der Waals surface area contributed by atoms with Crippen molar-refractivity contribution >= 4 is 17.8 Å². The second-order valence-corrected chi connectivity index (χ2v) is 7.71. The van der Waals surface area contributed by atoms with Gasteiger partial charge in [-0.1, -0.05) is 0 Å². The normalized spacial score (nSPS) is 20.7. The first kappa shape index (κ1) is 22.1. The topological polar surface area (TPSA) is 66.9 Å². The Labute approximate surface area is 173 Å². The van der Waals surface area contributed by atoms with Gasteiger partial charge in [0.15, 0.2) is 0 Å². The number of amides is 2. The fourth-order valence-electron chi connectivity index (χ4n) is 4.12. The first-order valence-electron chi connectivity index (χ1n) is 10.1. The fraction of sp³-hybridized carbons (Fsp3) is 0.571. The maximum absolute atomic E-state index is 13.0. The summed E-state index contributed by atoms with van der Waals surface area (Å²) in [5, 5.41) is 0. The summed E-state index contributed by atoms with van der Waals surface area (Å²) in [6.45, 7) is 1.20. The summed E-state index contributed by atoms with van der Waals surface area (Å²) in [5.41, 5.74) is -0.611. The second-order valence-electron chi connectivity index (χ2n) is 7.71. The summed E-state index contributed by atoms with van der Waals surface area (Å²) in [7, 11) is 1.31. The molecule has 0 aromatic heterocycles. The molecule has 2 heterocycles. The van der Waals surface area contributed by atoms with Crippen LogP contribution >= 0.6 is 0 Å². The third kappa shape index (κ3) is 4.76. The van der Waals surface area contributed by atoms with E-state index in [4.69, 9.17) is 4.74 Å². The molecule has 1 atom stereocenters. The van der Waals surface area contributed by atoms with Crippen LogP contribution in [0.15, 0.2) is 24.3 Å². The van der Waals surface area contributed by atoms with Gasteiger partial charge in [0.1, 0.15) is 6.04 Å². The quantitative estimate of drug-likeness (QED) is 0.697. The molecule has 0 unspecified atom stereocenters. The summed E-state index contributed by atoms with van der Waals surface area (Å²) >= 11 is 0. The van der Waals surface area contributed by atoms with E-state index in [0.29, 0.717) is 38.9 Å². The standard InChI is InChI=1S/C21H25F3N2O4/c1-30-20(29)17-4-2-3-11-26(17)19(28)15-9-12-25(13-10-15)18(27)14-5-7-16(8-6-14)21(22,23)24/h5-8,15,17H,2-4,9-13H2,1H3/t17-/m0/s1. The number of rotatable bonds is 3. The Balaban J connectivity index is 1.59. The zero-order valence-electron chi connectivity index (χ0n) is 16.8. The minimum atomic E-state index is -4.45. The molecule has 0 radical (unpaired) electrons. The maximum Gasteiger partial charge on any atom is 0.416 e. The minimum Gasteiger partial charge on any atom is -0.467 e. The Morgan fingerprint density at radius 1 is 0.967 bits per heavy atom. The fourth-order valence-corrected chi connectivity index (χ4v) is 4.12. The summed E-state index contributed by atoms with van der Waals surface area (Å²) in [6, 6.07) is 3.59. The van der Waals surface area contributed by atoms with Crippen molar-refractivity contribution < 1.29 is 32.3 Å². The molecule has 0 bridgehead atoms. The molecule has 0 N–H and O–H groups in total. The predicted molar refractivity (Wildman–Crippen MR) is 101 cm³/mol. The Bertz CT molecular complexity index is 786. The number of halogens is 3. The average Bonchev–Trinajstić information content (AvgIpc) is 2.77. The highest BCUT2D eigenvalue weighted by Crippen LogP contribution is 2.30. The van der Waals surface area contributed by atoms with E-state index < -0.39 is 23.8 Å². The SMILES string of the molecule is COC(=O)[C@@H]1CCCCN1C(=O)C1CCN(C(=O)c2ccc(C(F)(F)F)cc2)CC1. The molecule has 30 heavy (non-hydrogen) atoms. The van der Waals surface area contributed by atoms with Crippen LogP contribution < -0.4 is 0 Å². The molecule has 0 saturated carbocycles. The highest BCUT2D eigenvalue weighted by atomic mass is 19.4. The van der Waals surface area contributed by atoms with Crippen molar-refractivity contribution in [2.75, 3.05) is 26.7 Å². The van der Waals surface area contributed by atoms with Crippen LogP contribution in [0.5, 0.6) is 0 Å². The van der Waals surface area contributed by atoms with Gasteiger partial charge >= 0.3 is 12.1 Å². The van der Waals surface area contributed by atoms with E-state index in [1.165, 1.54) is 19.2 Å². The number of methoxy groups -OCH3 is 1. The Kier molecular flexibility index (Phi) is 6.67. The van der Waals surface area contributed by atoms with Crippen LogP contribution in [0, 0.1) is 5.92 Å². The zero-order valence-corrected chi connectivity index (χ0v) is 16.8. The molecule has 1 aromatic carbocycles. The lowest BCUT2D eigenvalue weighted by molar-refractivity contribution is -0.156. The number of esters is 1. The van der Waals surface area contributed by atoms with Gasteiger partial charge in [-0.15, -0.1) is 0 Å². The van der Waals surface area contributed by atoms with Crippen LogP contribution in [0.2, 0.25) is 0 Å². The number of benzene rings is 1. The Morgan fingerprint density at radius 3 is 2.17 bits per heavy atom. The molecule has 6 nitrogen and oxygen atoms in total. The largest absolute Gasteiger partial charge is 0.467 e. The van der Waals surface area contributed by atoms with Crippen LogP contribution in [-0.2, 0) is 20.5 Å². The van der Waals surface area contributed by atoms with E-state index in [1.807, 2.05) is 0 Å². The highest BCUT2D eigenvalue weighted by molar-refractivity contribution is 5.94. The highest BCUT2D eigenvalue weighted by Gasteiger charge is 2.38. The van der Waals surface area contributed by atoms with Crippen molar-refractivity contribution in [1.82, 2.24) is 9.80 Å². The maximum atomic E-state index is 13.0. The first-order chi connectivity index (χ1) is 14.2. The Hall–Kier alpha value is -2.58. The molecular formula is C21H25F3N2O4. The molecule has 2 aliphatic rings. The minimum absolute atomic E-state index is 0.0910. The molecule has 2 fully saturated rings. The van der Waals surface area contributed by atoms with E-state index in [2.05, 4.69) is 0 Å². The van der Waals surface area contributed by atoms with Crippen molar-refractivity contribution in [2.24, 2.45) is 5.92 Å². The molecule has 0 spiro atoms. The zero-order chi connectivity index (χ0) is 21.9. The van der Waals surface area contributed by atoms with Crippen LogP contribution in [0.3, 0.4) is 0 Å². The molecule has 2 aliphatic heterocycles. The van der Waals surface area contributed by atoms with Crippen LogP contribution in [0.4, 0.5) is 13.2 Å². The summed E-state index contributed by atoms with van der Waals surface area (Å²) in [5.74, 6) is -1.13. The lowest BCUT2D eigenvalue weighted by Gasteiger charge is -2.38. The predicted octanol–water partition coefficient (Wildman–Crippen LogP) is 3.11. The van der Waals surface area contributed by atoms with Crippen molar-refractivity contribution in [3.63, 3.8) is 0 Å². The monoisotopic (exact) mass is 426 g/mol. The smallest absolute Gasteiger partial charge is 0.416 e. The number of hydrogen-bond donors (Lipinski definition) is 0. The second kappa shape index (κ2) is 9.06. The van der Waals surface area contributed by atoms with Crippen LogP contribution in [0.1, 0.15) is 48.0 Å². The number of likely N-dealkylation sites (tertiary alicyclic amines) is 2. The van der Waals surface area contributed by atoms with Gasteiger partial charge in [-0.05, 0) is 56.4 Å². The van der Waals surface area contributed by atoms with Crippen LogP contribution in [0.25, 0.3) is 0 Å². The van der Waals surface area contributed by atoms with Gasteiger partial charge in [-0.25, -0.2) is 4.79 Å². The first-order valence-corrected chi connectivity index (χ1v) is 10.1. The van der Waals surface area contributed by atoms with Gasteiger partial charge in [0.05, 0.1) is 12.7 Å². The van der Waals surface area contributed by atoms with Gasteiger partial charge in [-0.3, -0.25) is 9.59 Å². The number of hydrogen-bond acceptors (Lipinski definition) is 4. The lowest BCUT2D eigenvalue weighted by Crippen LogP contribution is -2.52. The summed E-state index contributed by atoms with van der Waals surface area (Å²) < 4.78 is 42.9.